The molecule has 0 aliphatic rings. The lowest BCUT2D eigenvalue weighted by atomic mass is 10.2. The van der Waals surface area contributed by atoms with Crippen LogP contribution in [-0.2, 0) is 13.0 Å². The number of aryl methyl sites for hydroxylation is 1. The summed E-state index contributed by atoms with van der Waals surface area (Å²) in [6.45, 7) is 9.98. The number of carbonyl (C=O) groups is 1. The van der Waals surface area contributed by atoms with E-state index >= 15 is 0 Å². The molecule has 3 rings (SSSR count). The van der Waals surface area contributed by atoms with Crippen molar-refractivity contribution in [3.63, 3.8) is 0 Å². The first-order valence-electron chi connectivity index (χ1n) is 9.88. The number of nitrogens with zero attached hydrogens (tertiary/aromatic N) is 3. The number of fused-ring (bicyclic) bond motifs is 1. The van der Waals surface area contributed by atoms with E-state index in [1.807, 2.05) is 26.0 Å². The van der Waals surface area contributed by atoms with Crippen LogP contribution in [-0.4, -0.2) is 27.3 Å². The Morgan fingerprint density at radius 1 is 1.21 bits per heavy atom. The third kappa shape index (κ3) is 5.12. The van der Waals surface area contributed by atoms with Crippen LogP contribution in [0, 0.1) is 5.92 Å². The molecule has 150 valence electrons. The van der Waals surface area contributed by atoms with Gasteiger partial charge in [0.05, 0.1) is 0 Å². The van der Waals surface area contributed by atoms with Crippen molar-refractivity contribution in [2.45, 2.75) is 53.0 Å². The molecule has 0 saturated carbocycles. The lowest BCUT2D eigenvalue weighted by Crippen LogP contribution is -2.29. The molecular formula is C21H29N5O2. The Labute approximate surface area is 165 Å². The molecule has 2 heterocycles. The number of hydrogen-bond donors (Lipinski definition) is 2. The molecule has 0 bridgehead atoms. The van der Waals surface area contributed by atoms with Gasteiger partial charge in [-0.15, -0.1) is 0 Å². The van der Waals surface area contributed by atoms with E-state index in [2.05, 4.69) is 57.5 Å². The predicted octanol–water partition coefficient (Wildman–Crippen LogP) is 4.56. The SMILES string of the molecule is CC(C)Cn1ccc2cc(NC(=O)NCCCc3nc(C(C)C)no3)ccc21. The highest BCUT2D eigenvalue weighted by atomic mass is 16.5. The summed E-state index contributed by atoms with van der Waals surface area (Å²) in [4.78, 5) is 16.5. The van der Waals surface area contributed by atoms with Crippen LogP contribution < -0.4 is 10.6 Å². The van der Waals surface area contributed by atoms with Crippen LogP contribution in [0.3, 0.4) is 0 Å². The van der Waals surface area contributed by atoms with Crippen molar-refractivity contribution in [3.05, 3.63) is 42.2 Å². The summed E-state index contributed by atoms with van der Waals surface area (Å²) in [5.74, 6) is 2.17. The molecule has 2 amide bonds. The van der Waals surface area contributed by atoms with E-state index in [1.165, 1.54) is 5.52 Å². The summed E-state index contributed by atoms with van der Waals surface area (Å²) in [6.07, 6.45) is 3.48. The second-order valence-electron chi connectivity index (χ2n) is 7.82. The van der Waals surface area contributed by atoms with E-state index in [-0.39, 0.29) is 11.9 Å². The average molecular weight is 383 g/mol. The summed E-state index contributed by atoms with van der Waals surface area (Å²) < 4.78 is 7.45. The molecule has 1 aromatic carbocycles. The quantitative estimate of drug-likeness (QED) is 0.559. The van der Waals surface area contributed by atoms with E-state index in [0.29, 0.717) is 24.8 Å². The van der Waals surface area contributed by atoms with Gasteiger partial charge in [-0.25, -0.2) is 4.79 Å². The standard InChI is InChI=1S/C21H29N5O2/c1-14(2)13-26-11-9-16-12-17(7-8-18(16)26)23-21(27)22-10-5-6-19-24-20(15(3)4)25-28-19/h7-9,11-12,14-15H,5-6,10,13H2,1-4H3,(H2,22,23,27). The van der Waals surface area contributed by atoms with Crippen molar-refractivity contribution in [1.29, 1.82) is 0 Å². The highest BCUT2D eigenvalue weighted by molar-refractivity contribution is 5.92. The van der Waals surface area contributed by atoms with E-state index < -0.39 is 0 Å². The number of amides is 2. The summed E-state index contributed by atoms with van der Waals surface area (Å²) >= 11 is 0. The third-order valence-corrected chi connectivity index (χ3v) is 4.44. The Balaban J connectivity index is 1.46. The molecule has 28 heavy (non-hydrogen) atoms. The monoisotopic (exact) mass is 383 g/mol. The normalized spacial score (nSPS) is 11.5. The van der Waals surface area contributed by atoms with Gasteiger partial charge in [-0.3, -0.25) is 0 Å². The zero-order valence-corrected chi connectivity index (χ0v) is 17.0. The maximum atomic E-state index is 12.1. The van der Waals surface area contributed by atoms with Gasteiger partial charge in [0.25, 0.3) is 0 Å². The van der Waals surface area contributed by atoms with Crippen LogP contribution in [0.2, 0.25) is 0 Å². The smallest absolute Gasteiger partial charge is 0.319 e. The largest absolute Gasteiger partial charge is 0.347 e. The number of urea groups is 1. The van der Waals surface area contributed by atoms with Crippen LogP contribution in [0.1, 0.15) is 51.7 Å². The van der Waals surface area contributed by atoms with E-state index in [4.69, 9.17) is 4.52 Å². The minimum Gasteiger partial charge on any atom is -0.347 e. The first-order valence-corrected chi connectivity index (χ1v) is 9.88. The minimum atomic E-state index is -0.214. The first kappa shape index (κ1) is 19.9. The van der Waals surface area contributed by atoms with Gasteiger partial charge in [0.2, 0.25) is 5.89 Å². The zero-order valence-electron chi connectivity index (χ0n) is 17.0. The number of carbonyl (C=O) groups excluding carboxylic acids is 1. The summed E-state index contributed by atoms with van der Waals surface area (Å²) in [6, 6.07) is 7.85. The fourth-order valence-corrected chi connectivity index (χ4v) is 3.05. The van der Waals surface area contributed by atoms with Crippen LogP contribution in [0.25, 0.3) is 10.9 Å². The molecule has 0 radical (unpaired) electrons. The Morgan fingerprint density at radius 2 is 2.04 bits per heavy atom. The third-order valence-electron chi connectivity index (χ3n) is 4.44. The number of hydrogen-bond acceptors (Lipinski definition) is 4. The number of benzene rings is 1. The Hall–Kier alpha value is -2.83. The van der Waals surface area contributed by atoms with Crippen molar-refractivity contribution in [2.75, 3.05) is 11.9 Å². The second-order valence-corrected chi connectivity index (χ2v) is 7.82. The van der Waals surface area contributed by atoms with Crippen molar-refractivity contribution in [3.8, 4) is 0 Å². The van der Waals surface area contributed by atoms with Crippen LogP contribution in [0.15, 0.2) is 35.0 Å². The lowest BCUT2D eigenvalue weighted by Gasteiger charge is -2.10. The summed E-state index contributed by atoms with van der Waals surface area (Å²) in [7, 11) is 0. The molecular weight excluding hydrogens is 354 g/mol. The van der Waals surface area contributed by atoms with Gasteiger partial charge in [-0.1, -0.05) is 32.9 Å². The fourth-order valence-electron chi connectivity index (χ4n) is 3.05. The summed E-state index contributed by atoms with van der Waals surface area (Å²) in [5.41, 5.74) is 1.96. The molecule has 0 aliphatic heterocycles. The van der Waals surface area contributed by atoms with E-state index in [9.17, 15) is 4.79 Å². The van der Waals surface area contributed by atoms with Crippen molar-refractivity contribution in [1.82, 2.24) is 20.0 Å². The number of aromatic nitrogens is 3. The second kappa shape index (κ2) is 8.91. The van der Waals surface area contributed by atoms with Gasteiger partial charge in [0.15, 0.2) is 5.82 Å². The van der Waals surface area contributed by atoms with Crippen molar-refractivity contribution in [2.24, 2.45) is 5.92 Å². The van der Waals surface area contributed by atoms with E-state index in [1.54, 1.807) is 0 Å². The molecule has 7 heteroatoms. The van der Waals surface area contributed by atoms with Gasteiger partial charge in [0, 0.05) is 48.2 Å². The number of anilines is 1. The molecule has 0 fully saturated rings. The molecule has 3 aromatic rings. The van der Waals surface area contributed by atoms with Gasteiger partial charge in [-0.05, 0) is 36.6 Å². The molecule has 0 spiro atoms. The van der Waals surface area contributed by atoms with Crippen LogP contribution in [0.5, 0.6) is 0 Å². The number of nitrogens with one attached hydrogen (secondary N) is 2. The van der Waals surface area contributed by atoms with Crippen LogP contribution >= 0.6 is 0 Å². The molecule has 0 unspecified atom stereocenters. The molecule has 0 saturated heterocycles. The lowest BCUT2D eigenvalue weighted by molar-refractivity contribution is 0.252. The Bertz CT molecular complexity index is 926. The summed E-state index contributed by atoms with van der Waals surface area (Å²) in [5, 5.41) is 10.8. The van der Waals surface area contributed by atoms with Crippen LogP contribution in [0.4, 0.5) is 10.5 Å². The highest BCUT2D eigenvalue weighted by Gasteiger charge is 2.10. The maximum absolute atomic E-state index is 12.1. The predicted molar refractivity (Wildman–Crippen MR) is 111 cm³/mol. The van der Waals surface area contributed by atoms with Gasteiger partial charge < -0.3 is 19.7 Å². The average Bonchev–Trinajstić information content (AvgIpc) is 3.26. The molecule has 7 nitrogen and oxygen atoms in total. The first-order chi connectivity index (χ1) is 13.4. The molecule has 2 N–H and O–H groups in total. The maximum Gasteiger partial charge on any atom is 0.319 e. The molecule has 0 aliphatic carbocycles. The topological polar surface area (TPSA) is 85.0 Å². The number of rotatable bonds is 8. The molecule has 0 atom stereocenters. The molecule has 2 aromatic heterocycles. The van der Waals surface area contributed by atoms with Gasteiger partial charge in [-0.2, -0.15) is 4.98 Å². The highest BCUT2D eigenvalue weighted by Crippen LogP contribution is 2.21. The van der Waals surface area contributed by atoms with Crippen molar-refractivity contribution >= 4 is 22.6 Å². The van der Waals surface area contributed by atoms with Gasteiger partial charge in [0.1, 0.15) is 0 Å². The van der Waals surface area contributed by atoms with Crippen molar-refractivity contribution < 1.29 is 9.32 Å². The van der Waals surface area contributed by atoms with E-state index in [0.717, 1.165) is 29.9 Å². The fraction of sp³-hybridized carbons (Fsp3) is 0.476. The Kier molecular flexibility index (Phi) is 6.34. The zero-order chi connectivity index (χ0) is 20.1. The minimum absolute atomic E-state index is 0.214. The Morgan fingerprint density at radius 3 is 2.75 bits per heavy atom. The van der Waals surface area contributed by atoms with Gasteiger partial charge >= 0.3 is 6.03 Å².